The summed E-state index contributed by atoms with van der Waals surface area (Å²) in [5.41, 5.74) is 2.20. The van der Waals surface area contributed by atoms with Gasteiger partial charge in [0.25, 0.3) is 0 Å². The van der Waals surface area contributed by atoms with E-state index in [0.717, 1.165) is 28.2 Å². The van der Waals surface area contributed by atoms with Gasteiger partial charge in [-0.15, -0.1) is 0 Å². The highest BCUT2D eigenvalue weighted by Gasteiger charge is 2.10. The van der Waals surface area contributed by atoms with Gasteiger partial charge in [0.05, 0.1) is 10.2 Å². The van der Waals surface area contributed by atoms with Gasteiger partial charge in [-0.05, 0) is 73.5 Å². The smallest absolute Gasteiger partial charge is 0.148 e. The van der Waals surface area contributed by atoms with Gasteiger partial charge < -0.3 is 10.1 Å². The topological polar surface area (TPSA) is 34.1 Å². The summed E-state index contributed by atoms with van der Waals surface area (Å²) in [7, 11) is 0. The first-order valence-electron chi connectivity index (χ1n) is 6.98. The number of halogens is 1. The Morgan fingerprint density at radius 1 is 1.19 bits per heavy atom. The summed E-state index contributed by atoms with van der Waals surface area (Å²) in [6.45, 7) is 9.24. The van der Waals surface area contributed by atoms with E-state index in [1.54, 1.807) is 6.20 Å². The second-order valence-electron chi connectivity index (χ2n) is 6.06. The molecule has 0 aliphatic heterocycles. The second-order valence-corrected chi connectivity index (χ2v) is 6.91. The summed E-state index contributed by atoms with van der Waals surface area (Å²) in [5, 5.41) is 3.47. The van der Waals surface area contributed by atoms with Crippen molar-refractivity contribution < 1.29 is 4.74 Å². The van der Waals surface area contributed by atoms with E-state index < -0.39 is 0 Å². The molecule has 0 fully saturated rings. The fourth-order valence-electron chi connectivity index (χ4n) is 1.80. The van der Waals surface area contributed by atoms with Gasteiger partial charge in [0.15, 0.2) is 0 Å². The number of pyridine rings is 1. The van der Waals surface area contributed by atoms with E-state index in [1.807, 2.05) is 25.1 Å². The fraction of sp³-hybridized carbons (Fsp3) is 0.353. The zero-order valence-electron chi connectivity index (χ0n) is 12.9. The SMILES string of the molecule is Cc1ncccc1Oc1ccc(CNC(C)(C)C)cc1Br. The summed E-state index contributed by atoms with van der Waals surface area (Å²) in [4.78, 5) is 4.23. The second kappa shape index (κ2) is 6.58. The molecule has 0 aliphatic rings. The molecule has 0 spiro atoms. The molecule has 1 heterocycles. The van der Waals surface area contributed by atoms with Crippen LogP contribution in [-0.2, 0) is 6.54 Å². The molecule has 0 radical (unpaired) electrons. The maximum Gasteiger partial charge on any atom is 0.148 e. The molecule has 21 heavy (non-hydrogen) atoms. The molecular weight excluding hydrogens is 328 g/mol. The Balaban J connectivity index is 2.11. The van der Waals surface area contributed by atoms with Gasteiger partial charge in [0, 0.05) is 18.3 Å². The van der Waals surface area contributed by atoms with Crippen LogP contribution >= 0.6 is 15.9 Å². The number of nitrogens with zero attached hydrogens (tertiary/aromatic N) is 1. The van der Waals surface area contributed by atoms with Crippen molar-refractivity contribution in [1.82, 2.24) is 10.3 Å². The lowest BCUT2D eigenvalue weighted by molar-refractivity contribution is 0.424. The number of aryl methyl sites for hydroxylation is 1. The molecular formula is C17H21BrN2O. The van der Waals surface area contributed by atoms with E-state index in [2.05, 4.69) is 59.1 Å². The standard InChI is InChI=1S/C17H21BrN2O/c1-12-15(6-5-9-19-12)21-16-8-7-13(10-14(16)18)11-20-17(2,3)4/h5-10,20H,11H2,1-4H3. The quantitative estimate of drug-likeness (QED) is 0.858. The van der Waals surface area contributed by atoms with Gasteiger partial charge in [-0.2, -0.15) is 0 Å². The lowest BCUT2D eigenvalue weighted by Gasteiger charge is -2.20. The number of nitrogens with one attached hydrogen (secondary N) is 1. The Hall–Kier alpha value is -1.39. The Bertz CT molecular complexity index is 620. The number of benzene rings is 1. The number of hydrogen-bond acceptors (Lipinski definition) is 3. The van der Waals surface area contributed by atoms with Crippen molar-refractivity contribution >= 4 is 15.9 Å². The Morgan fingerprint density at radius 3 is 2.57 bits per heavy atom. The van der Waals surface area contributed by atoms with Gasteiger partial charge in [-0.1, -0.05) is 6.07 Å². The van der Waals surface area contributed by atoms with E-state index in [9.17, 15) is 0 Å². The average Bonchev–Trinajstić information content (AvgIpc) is 2.41. The first-order chi connectivity index (χ1) is 9.85. The molecule has 1 aromatic carbocycles. The Kier molecular flexibility index (Phi) is 5.01. The zero-order valence-corrected chi connectivity index (χ0v) is 14.5. The highest BCUT2D eigenvalue weighted by molar-refractivity contribution is 9.10. The summed E-state index contributed by atoms with van der Waals surface area (Å²) in [6.07, 6.45) is 1.76. The van der Waals surface area contributed by atoms with Gasteiger partial charge in [-0.3, -0.25) is 4.98 Å². The maximum absolute atomic E-state index is 5.91. The van der Waals surface area contributed by atoms with Crippen molar-refractivity contribution in [3.8, 4) is 11.5 Å². The van der Waals surface area contributed by atoms with Gasteiger partial charge in [0.2, 0.25) is 0 Å². The average molecular weight is 349 g/mol. The van der Waals surface area contributed by atoms with Gasteiger partial charge >= 0.3 is 0 Å². The molecule has 0 amide bonds. The predicted molar refractivity (Wildman–Crippen MR) is 89.8 cm³/mol. The zero-order chi connectivity index (χ0) is 15.5. The van der Waals surface area contributed by atoms with Crippen LogP contribution in [0.15, 0.2) is 41.0 Å². The van der Waals surface area contributed by atoms with E-state index in [-0.39, 0.29) is 5.54 Å². The molecule has 0 unspecified atom stereocenters. The van der Waals surface area contributed by atoms with Crippen LogP contribution in [0.25, 0.3) is 0 Å². The maximum atomic E-state index is 5.91. The van der Waals surface area contributed by atoms with Crippen LogP contribution in [0.2, 0.25) is 0 Å². The van der Waals surface area contributed by atoms with Crippen LogP contribution in [0.5, 0.6) is 11.5 Å². The molecule has 1 aromatic heterocycles. The van der Waals surface area contributed by atoms with Crippen LogP contribution in [-0.4, -0.2) is 10.5 Å². The van der Waals surface area contributed by atoms with Gasteiger partial charge in [0.1, 0.15) is 11.5 Å². The third-order valence-electron chi connectivity index (χ3n) is 3.00. The minimum Gasteiger partial charge on any atom is -0.454 e. The first kappa shape index (κ1) is 16.0. The van der Waals surface area contributed by atoms with Crippen LogP contribution < -0.4 is 10.1 Å². The van der Waals surface area contributed by atoms with Crippen molar-refractivity contribution in [2.24, 2.45) is 0 Å². The molecule has 2 rings (SSSR count). The fourth-order valence-corrected chi connectivity index (χ4v) is 2.31. The molecule has 0 saturated heterocycles. The number of aromatic nitrogens is 1. The molecule has 0 aliphatic carbocycles. The van der Waals surface area contributed by atoms with Crippen LogP contribution in [0.4, 0.5) is 0 Å². The van der Waals surface area contributed by atoms with Crippen molar-refractivity contribution in [1.29, 1.82) is 0 Å². The molecule has 0 atom stereocenters. The van der Waals surface area contributed by atoms with E-state index in [4.69, 9.17) is 4.74 Å². The highest BCUT2D eigenvalue weighted by atomic mass is 79.9. The molecule has 0 saturated carbocycles. The lowest BCUT2D eigenvalue weighted by atomic mass is 10.1. The normalized spacial score (nSPS) is 11.5. The first-order valence-corrected chi connectivity index (χ1v) is 7.77. The molecule has 1 N–H and O–H groups in total. The largest absolute Gasteiger partial charge is 0.454 e. The van der Waals surface area contributed by atoms with Crippen LogP contribution in [0.1, 0.15) is 32.0 Å². The summed E-state index contributed by atoms with van der Waals surface area (Å²) in [5.74, 6) is 1.57. The van der Waals surface area contributed by atoms with E-state index >= 15 is 0 Å². The van der Waals surface area contributed by atoms with E-state index in [0.29, 0.717) is 0 Å². The number of hydrogen-bond donors (Lipinski definition) is 1. The molecule has 112 valence electrons. The van der Waals surface area contributed by atoms with Crippen molar-refractivity contribution in [2.45, 2.75) is 39.8 Å². The third-order valence-corrected chi connectivity index (χ3v) is 3.62. The minimum absolute atomic E-state index is 0.106. The Morgan fingerprint density at radius 2 is 1.95 bits per heavy atom. The number of ether oxygens (including phenoxy) is 1. The predicted octanol–water partition coefficient (Wildman–Crippen LogP) is 4.83. The molecule has 3 nitrogen and oxygen atoms in total. The molecule has 0 bridgehead atoms. The molecule has 4 heteroatoms. The van der Waals surface area contributed by atoms with Crippen molar-refractivity contribution in [2.75, 3.05) is 0 Å². The summed E-state index contributed by atoms with van der Waals surface area (Å²) in [6, 6.07) is 9.93. The Labute approximate surface area is 134 Å². The number of rotatable bonds is 4. The van der Waals surface area contributed by atoms with Crippen LogP contribution in [0.3, 0.4) is 0 Å². The lowest BCUT2D eigenvalue weighted by Crippen LogP contribution is -2.35. The monoisotopic (exact) mass is 348 g/mol. The summed E-state index contributed by atoms with van der Waals surface area (Å²) >= 11 is 3.58. The van der Waals surface area contributed by atoms with E-state index in [1.165, 1.54) is 5.56 Å². The van der Waals surface area contributed by atoms with Gasteiger partial charge in [-0.25, -0.2) is 0 Å². The van der Waals surface area contributed by atoms with Crippen molar-refractivity contribution in [3.05, 3.63) is 52.3 Å². The third kappa shape index (κ3) is 4.83. The molecule has 2 aromatic rings. The van der Waals surface area contributed by atoms with Crippen molar-refractivity contribution in [3.63, 3.8) is 0 Å². The summed E-state index contributed by atoms with van der Waals surface area (Å²) < 4.78 is 6.85. The highest BCUT2D eigenvalue weighted by Crippen LogP contribution is 2.31. The van der Waals surface area contributed by atoms with Crippen LogP contribution in [0, 0.1) is 6.92 Å². The minimum atomic E-state index is 0.106.